The molecule has 120 valence electrons. The van der Waals surface area contributed by atoms with Crippen LogP contribution in [0.2, 0.25) is 0 Å². The molecule has 7 heteroatoms. The van der Waals surface area contributed by atoms with E-state index < -0.39 is 4.92 Å². The number of methoxy groups -OCH3 is 1. The second kappa shape index (κ2) is 7.55. The minimum Gasteiger partial charge on any atom is -0.496 e. The number of thiocarbonyl (C=S) groups is 1. The first-order chi connectivity index (χ1) is 11.0. The summed E-state index contributed by atoms with van der Waals surface area (Å²) in [6.45, 7) is 1.96. The highest BCUT2D eigenvalue weighted by Gasteiger charge is 2.16. The molecule has 6 nitrogen and oxygen atoms in total. The van der Waals surface area contributed by atoms with Gasteiger partial charge in [-0.25, -0.2) is 0 Å². The molecule has 0 saturated carbocycles. The van der Waals surface area contributed by atoms with Crippen molar-refractivity contribution < 1.29 is 9.66 Å². The van der Waals surface area contributed by atoms with Crippen molar-refractivity contribution in [2.75, 3.05) is 12.4 Å². The monoisotopic (exact) mass is 331 g/mol. The van der Waals surface area contributed by atoms with Crippen molar-refractivity contribution in [1.82, 2.24) is 5.32 Å². The average molecular weight is 331 g/mol. The number of nitrogens with one attached hydrogen (secondary N) is 2. The third kappa shape index (κ3) is 4.40. The van der Waals surface area contributed by atoms with Crippen LogP contribution in [-0.2, 0) is 0 Å². The zero-order chi connectivity index (χ0) is 16.8. The third-order valence-electron chi connectivity index (χ3n) is 3.30. The Morgan fingerprint density at radius 2 is 1.96 bits per heavy atom. The molecule has 1 atom stereocenters. The van der Waals surface area contributed by atoms with Crippen LogP contribution in [0.4, 0.5) is 11.4 Å². The fourth-order valence-electron chi connectivity index (χ4n) is 2.08. The molecule has 0 aromatic heterocycles. The first kappa shape index (κ1) is 16.7. The van der Waals surface area contributed by atoms with Crippen LogP contribution in [0.15, 0.2) is 48.5 Å². The van der Waals surface area contributed by atoms with Crippen LogP contribution in [0.3, 0.4) is 0 Å². The van der Waals surface area contributed by atoms with Crippen LogP contribution in [0.5, 0.6) is 5.75 Å². The molecular formula is C16H17N3O3S. The predicted molar refractivity (Wildman–Crippen MR) is 93.9 cm³/mol. The number of nitro groups is 1. The lowest BCUT2D eigenvalue weighted by molar-refractivity contribution is -0.384. The summed E-state index contributed by atoms with van der Waals surface area (Å²) in [7, 11) is 1.46. The molecule has 0 aliphatic carbocycles. The highest BCUT2D eigenvalue weighted by atomic mass is 32.1. The Balaban J connectivity index is 2.10. The Morgan fingerprint density at radius 3 is 2.57 bits per heavy atom. The van der Waals surface area contributed by atoms with Gasteiger partial charge in [0.15, 0.2) is 5.11 Å². The maximum atomic E-state index is 11.2. The zero-order valence-electron chi connectivity index (χ0n) is 12.8. The van der Waals surface area contributed by atoms with Gasteiger partial charge in [0.2, 0.25) is 0 Å². The van der Waals surface area contributed by atoms with Gasteiger partial charge in [-0.05, 0) is 36.8 Å². The van der Waals surface area contributed by atoms with Crippen LogP contribution in [0, 0.1) is 10.1 Å². The van der Waals surface area contributed by atoms with Crippen molar-refractivity contribution in [3.8, 4) is 5.75 Å². The smallest absolute Gasteiger partial charge is 0.296 e. The number of ether oxygens (including phenoxy) is 1. The maximum Gasteiger partial charge on any atom is 0.296 e. The first-order valence-corrected chi connectivity index (χ1v) is 7.37. The molecule has 0 aliphatic heterocycles. The van der Waals surface area contributed by atoms with Crippen molar-refractivity contribution in [2.45, 2.75) is 13.0 Å². The van der Waals surface area contributed by atoms with Gasteiger partial charge >= 0.3 is 0 Å². The van der Waals surface area contributed by atoms with Crippen LogP contribution in [0.25, 0.3) is 0 Å². The van der Waals surface area contributed by atoms with Gasteiger partial charge < -0.3 is 15.4 Å². The Bertz CT molecular complexity index is 707. The number of hydrogen-bond donors (Lipinski definition) is 2. The number of nitro benzene ring substituents is 1. The van der Waals surface area contributed by atoms with Crippen LogP contribution >= 0.6 is 12.2 Å². The molecule has 23 heavy (non-hydrogen) atoms. The molecule has 2 aromatic rings. The highest BCUT2D eigenvalue weighted by molar-refractivity contribution is 7.80. The minimum absolute atomic E-state index is 0.0199. The van der Waals surface area contributed by atoms with E-state index in [1.807, 2.05) is 37.3 Å². The van der Waals surface area contributed by atoms with Crippen molar-refractivity contribution in [3.05, 3.63) is 64.2 Å². The number of rotatable bonds is 5. The van der Waals surface area contributed by atoms with Gasteiger partial charge in [-0.1, -0.05) is 30.3 Å². The van der Waals surface area contributed by atoms with E-state index in [1.165, 1.54) is 13.2 Å². The van der Waals surface area contributed by atoms with Crippen molar-refractivity contribution in [2.24, 2.45) is 0 Å². The lowest BCUT2D eigenvalue weighted by Gasteiger charge is -2.17. The second-order valence-corrected chi connectivity index (χ2v) is 5.28. The Kier molecular flexibility index (Phi) is 5.48. The van der Waals surface area contributed by atoms with E-state index in [0.29, 0.717) is 16.5 Å². The van der Waals surface area contributed by atoms with Gasteiger partial charge in [-0.3, -0.25) is 10.1 Å². The summed E-state index contributed by atoms with van der Waals surface area (Å²) in [4.78, 5) is 10.7. The summed E-state index contributed by atoms with van der Waals surface area (Å²) in [5, 5.41) is 17.4. The second-order valence-electron chi connectivity index (χ2n) is 4.87. The molecule has 1 unspecified atom stereocenters. The summed E-state index contributed by atoms with van der Waals surface area (Å²) < 4.78 is 5.01. The van der Waals surface area contributed by atoms with Crippen molar-refractivity contribution in [3.63, 3.8) is 0 Å². The molecule has 0 saturated heterocycles. The van der Waals surface area contributed by atoms with Gasteiger partial charge in [0.25, 0.3) is 5.69 Å². The number of benzene rings is 2. The molecule has 2 N–H and O–H groups in total. The lowest BCUT2D eigenvalue weighted by atomic mass is 10.1. The van der Waals surface area contributed by atoms with E-state index >= 15 is 0 Å². The number of anilines is 1. The van der Waals surface area contributed by atoms with Gasteiger partial charge in [-0.2, -0.15) is 0 Å². The maximum absolute atomic E-state index is 11.2. The lowest BCUT2D eigenvalue weighted by Crippen LogP contribution is -2.31. The molecule has 0 spiro atoms. The summed E-state index contributed by atoms with van der Waals surface area (Å²) in [6, 6.07) is 14.3. The molecular weight excluding hydrogens is 314 g/mol. The normalized spacial score (nSPS) is 11.4. The molecule has 0 aliphatic rings. The summed E-state index contributed by atoms with van der Waals surface area (Å²) in [5.74, 6) is 0.416. The van der Waals surface area contributed by atoms with E-state index in [4.69, 9.17) is 17.0 Å². The largest absolute Gasteiger partial charge is 0.496 e. The summed E-state index contributed by atoms with van der Waals surface area (Å²) in [6.07, 6.45) is 0. The van der Waals surface area contributed by atoms with E-state index in [1.54, 1.807) is 12.1 Å². The fraction of sp³-hybridized carbons (Fsp3) is 0.188. The Labute approximate surface area is 139 Å². The van der Waals surface area contributed by atoms with Gasteiger partial charge in [0.05, 0.1) is 24.1 Å². The standard InChI is InChI=1S/C16H17N3O3S/c1-11(12-6-4-3-5-7-12)17-16(23)18-14-9-8-13(22-2)10-15(14)19(20)21/h3-11H,1-2H3,(H2,17,18,23). The molecule has 0 fully saturated rings. The molecule has 0 amide bonds. The molecule has 0 radical (unpaired) electrons. The van der Waals surface area contributed by atoms with Crippen molar-refractivity contribution in [1.29, 1.82) is 0 Å². The van der Waals surface area contributed by atoms with Crippen LogP contribution < -0.4 is 15.4 Å². The third-order valence-corrected chi connectivity index (χ3v) is 3.52. The predicted octanol–water partition coefficient (Wildman–Crippen LogP) is 3.65. The number of nitrogens with zero attached hydrogens (tertiary/aromatic N) is 1. The van der Waals surface area contributed by atoms with E-state index in [2.05, 4.69) is 10.6 Å². The molecule has 2 aromatic carbocycles. The van der Waals surface area contributed by atoms with Crippen molar-refractivity contribution >= 4 is 28.7 Å². The van der Waals surface area contributed by atoms with E-state index in [0.717, 1.165) is 5.56 Å². The summed E-state index contributed by atoms with van der Waals surface area (Å²) in [5.41, 5.74) is 1.29. The molecule has 2 rings (SSSR count). The SMILES string of the molecule is COc1ccc(NC(=S)NC(C)c2ccccc2)c([N+](=O)[O-])c1. The molecule has 0 bridgehead atoms. The van der Waals surface area contributed by atoms with Crippen LogP contribution in [0.1, 0.15) is 18.5 Å². The molecule has 0 heterocycles. The zero-order valence-corrected chi connectivity index (χ0v) is 13.6. The first-order valence-electron chi connectivity index (χ1n) is 6.96. The average Bonchev–Trinajstić information content (AvgIpc) is 2.55. The van der Waals surface area contributed by atoms with E-state index in [-0.39, 0.29) is 11.7 Å². The highest BCUT2D eigenvalue weighted by Crippen LogP contribution is 2.29. The summed E-state index contributed by atoms with van der Waals surface area (Å²) >= 11 is 5.24. The van der Waals surface area contributed by atoms with Crippen LogP contribution in [-0.4, -0.2) is 17.1 Å². The fourth-order valence-corrected chi connectivity index (χ4v) is 2.36. The van der Waals surface area contributed by atoms with E-state index in [9.17, 15) is 10.1 Å². The van der Waals surface area contributed by atoms with Gasteiger partial charge in [-0.15, -0.1) is 0 Å². The van der Waals surface area contributed by atoms with Gasteiger partial charge in [0, 0.05) is 0 Å². The Morgan fingerprint density at radius 1 is 1.26 bits per heavy atom. The van der Waals surface area contributed by atoms with Gasteiger partial charge in [0.1, 0.15) is 11.4 Å². The number of hydrogen-bond acceptors (Lipinski definition) is 4. The quantitative estimate of drug-likeness (QED) is 0.495. The topological polar surface area (TPSA) is 76.4 Å². The minimum atomic E-state index is -0.478. The Hall–Kier alpha value is -2.67.